The number of pyridine rings is 1. The maximum atomic E-state index is 6.32. The molecule has 0 aliphatic rings. The predicted octanol–water partition coefficient (Wildman–Crippen LogP) is 13.7. The van der Waals surface area contributed by atoms with Gasteiger partial charge in [0.1, 0.15) is 5.52 Å². The van der Waals surface area contributed by atoms with Crippen molar-refractivity contribution in [3.05, 3.63) is 182 Å². The molecular formula is C50H30N2O. The van der Waals surface area contributed by atoms with Gasteiger partial charge in [-0.1, -0.05) is 146 Å². The first-order valence-corrected chi connectivity index (χ1v) is 18.0. The van der Waals surface area contributed by atoms with Crippen LogP contribution < -0.4 is 0 Å². The highest BCUT2D eigenvalue weighted by Gasteiger charge is 2.19. The van der Waals surface area contributed by atoms with Crippen LogP contribution in [0, 0.1) is 0 Å². The average Bonchev–Trinajstić information content (AvgIpc) is 3.68. The normalized spacial score (nSPS) is 11.8. The van der Waals surface area contributed by atoms with Crippen molar-refractivity contribution in [2.75, 3.05) is 0 Å². The van der Waals surface area contributed by atoms with Crippen molar-refractivity contribution in [2.45, 2.75) is 0 Å². The molecule has 0 bridgehead atoms. The second kappa shape index (κ2) is 11.7. The summed E-state index contributed by atoms with van der Waals surface area (Å²) in [6.07, 6.45) is 0. The molecule has 3 heteroatoms. The third kappa shape index (κ3) is 4.68. The second-order valence-electron chi connectivity index (χ2n) is 13.7. The van der Waals surface area contributed by atoms with Crippen molar-refractivity contribution < 1.29 is 4.42 Å². The fourth-order valence-corrected chi connectivity index (χ4v) is 8.24. The number of aromatic nitrogens is 2. The van der Waals surface area contributed by atoms with Crippen molar-refractivity contribution in [1.29, 1.82) is 0 Å². The monoisotopic (exact) mass is 674 g/mol. The zero-order chi connectivity index (χ0) is 34.9. The minimum absolute atomic E-state index is 0.617. The van der Waals surface area contributed by atoms with Crippen LogP contribution in [0.4, 0.5) is 0 Å². The summed E-state index contributed by atoms with van der Waals surface area (Å²) >= 11 is 0. The first kappa shape index (κ1) is 29.6. The molecule has 0 radical (unpaired) electrons. The highest BCUT2D eigenvalue weighted by molar-refractivity contribution is 6.23. The fraction of sp³-hybridized carbons (Fsp3) is 0. The maximum absolute atomic E-state index is 6.32. The van der Waals surface area contributed by atoms with Crippen LogP contribution in [0.5, 0.6) is 0 Å². The number of nitrogens with zero attached hydrogens (tertiary/aromatic N) is 2. The molecule has 0 atom stereocenters. The molecule has 11 aromatic rings. The van der Waals surface area contributed by atoms with Crippen molar-refractivity contribution in [2.24, 2.45) is 0 Å². The minimum atomic E-state index is 0.617. The molecule has 246 valence electrons. The molecular weight excluding hydrogens is 645 g/mol. The van der Waals surface area contributed by atoms with Gasteiger partial charge in [-0.15, -0.1) is 0 Å². The molecule has 0 amide bonds. The first-order valence-electron chi connectivity index (χ1n) is 18.0. The molecule has 0 saturated heterocycles. The zero-order valence-electron chi connectivity index (χ0n) is 28.6. The van der Waals surface area contributed by atoms with E-state index in [1.165, 1.54) is 54.6 Å². The van der Waals surface area contributed by atoms with Crippen LogP contribution in [0.3, 0.4) is 0 Å². The number of para-hydroxylation sites is 1. The quantitative estimate of drug-likeness (QED) is 0.138. The molecule has 0 unspecified atom stereocenters. The van der Waals surface area contributed by atoms with E-state index in [1.807, 2.05) is 42.5 Å². The Morgan fingerprint density at radius 2 is 0.925 bits per heavy atom. The number of benzene rings is 9. The van der Waals surface area contributed by atoms with Crippen LogP contribution in [0.15, 0.2) is 186 Å². The van der Waals surface area contributed by atoms with E-state index in [4.69, 9.17) is 14.4 Å². The number of rotatable bonds is 4. The van der Waals surface area contributed by atoms with Crippen LogP contribution in [-0.2, 0) is 0 Å². The Hall–Kier alpha value is -7.10. The van der Waals surface area contributed by atoms with Gasteiger partial charge in [-0.2, -0.15) is 0 Å². The molecule has 0 aliphatic heterocycles. The molecule has 0 spiro atoms. The van der Waals surface area contributed by atoms with Gasteiger partial charge >= 0.3 is 0 Å². The lowest BCUT2D eigenvalue weighted by Gasteiger charge is -2.18. The van der Waals surface area contributed by atoms with Crippen molar-refractivity contribution >= 4 is 65.1 Å². The van der Waals surface area contributed by atoms with E-state index >= 15 is 0 Å². The summed E-state index contributed by atoms with van der Waals surface area (Å²) in [6, 6.07) is 64.6. The van der Waals surface area contributed by atoms with E-state index in [9.17, 15) is 0 Å². The number of hydrogen-bond donors (Lipinski definition) is 0. The molecule has 0 saturated carbocycles. The third-order valence-corrected chi connectivity index (χ3v) is 10.7. The summed E-state index contributed by atoms with van der Waals surface area (Å²) in [4.78, 5) is 10.3. The van der Waals surface area contributed by atoms with Crippen LogP contribution >= 0.6 is 0 Å². The van der Waals surface area contributed by atoms with E-state index in [-0.39, 0.29) is 0 Å². The summed E-state index contributed by atoms with van der Waals surface area (Å²) in [5, 5.41) is 10.6. The van der Waals surface area contributed by atoms with Crippen LogP contribution in [0.25, 0.3) is 110 Å². The number of hydrogen-bond acceptors (Lipinski definition) is 3. The largest absolute Gasteiger partial charge is 0.436 e. The number of fused-ring (bicyclic) bond motifs is 8. The Kier molecular flexibility index (Phi) is 6.55. The molecule has 3 nitrogen and oxygen atoms in total. The van der Waals surface area contributed by atoms with E-state index in [0.29, 0.717) is 5.89 Å². The van der Waals surface area contributed by atoms with Gasteiger partial charge in [0.15, 0.2) is 5.58 Å². The van der Waals surface area contributed by atoms with Crippen molar-refractivity contribution in [1.82, 2.24) is 9.97 Å². The second-order valence-corrected chi connectivity index (χ2v) is 13.7. The molecule has 2 aromatic heterocycles. The first-order chi connectivity index (χ1) is 26.3. The zero-order valence-corrected chi connectivity index (χ0v) is 28.6. The Morgan fingerprint density at radius 3 is 1.64 bits per heavy atom. The van der Waals surface area contributed by atoms with Gasteiger partial charge in [-0.25, -0.2) is 9.97 Å². The van der Waals surface area contributed by atoms with Crippen LogP contribution in [0.2, 0.25) is 0 Å². The molecule has 53 heavy (non-hydrogen) atoms. The Balaban J connectivity index is 1.10. The Labute approximate surface area is 305 Å². The van der Waals surface area contributed by atoms with Crippen molar-refractivity contribution in [3.63, 3.8) is 0 Å². The summed E-state index contributed by atoms with van der Waals surface area (Å²) in [6.45, 7) is 0. The lowest BCUT2D eigenvalue weighted by Crippen LogP contribution is -1.92. The third-order valence-electron chi connectivity index (χ3n) is 10.7. The Bertz CT molecular complexity index is 3160. The Morgan fingerprint density at radius 1 is 0.358 bits per heavy atom. The van der Waals surface area contributed by atoms with Gasteiger partial charge < -0.3 is 4.42 Å². The van der Waals surface area contributed by atoms with Gasteiger partial charge in [0.25, 0.3) is 0 Å². The van der Waals surface area contributed by atoms with Crippen LogP contribution in [0.1, 0.15) is 0 Å². The summed E-state index contributed by atoms with van der Waals surface area (Å²) in [5.74, 6) is 0.617. The average molecular weight is 675 g/mol. The van der Waals surface area contributed by atoms with Gasteiger partial charge in [0.05, 0.1) is 11.2 Å². The summed E-state index contributed by atoms with van der Waals surface area (Å²) in [7, 11) is 0. The lowest BCUT2D eigenvalue weighted by atomic mass is 9.85. The fourth-order valence-electron chi connectivity index (χ4n) is 8.24. The molecule has 0 aliphatic carbocycles. The SMILES string of the molecule is c1ccc(-c2nc3c(ccc4c(-c5ccc(-c6c7ccccc7c(-c7ccc8ccccc8c7)c7ccccc67)cc5)nc5ccccc5c43)o2)cc1. The van der Waals surface area contributed by atoms with E-state index in [2.05, 4.69) is 140 Å². The topological polar surface area (TPSA) is 38.9 Å². The summed E-state index contributed by atoms with van der Waals surface area (Å²) < 4.78 is 6.32. The predicted molar refractivity (Wildman–Crippen MR) is 221 cm³/mol. The van der Waals surface area contributed by atoms with Gasteiger partial charge in [-0.3, -0.25) is 0 Å². The number of oxazole rings is 1. The van der Waals surface area contributed by atoms with Gasteiger partial charge in [0, 0.05) is 27.3 Å². The molecule has 2 heterocycles. The highest BCUT2D eigenvalue weighted by Crippen LogP contribution is 2.45. The van der Waals surface area contributed by atoms with Crippen LogP contribution in [-0.4, -0.2) is 9.97 Å². The molecule has 11 rings (SSSR count). The van der Waals surface area contributed by atoms with Crippen molar-refractivity contribution in [3.8, 4) is 45.0 Å². The van der Waals surface area contributed by atoms with E-state index in [0.717, 1.165) is 49.6 Å². The smallest absolute Gasteiger partial charge is 0.227 e. The molecule has 9 aromatic carbocycles. The highest BCUT2D eigenvalue weighted by atomic mass is 16.3. The minimum Gasteiger partial charge on any atom is -0.436 e. The summed E-state index contributed by atoms with van der Waals surface area (Å²) in [5.41, 5.74) is 10.4. The van der Waals surface area contributed by atoms with Gasteiger partial charge in [-0.05, 0) is 91.0 Å². The maximum Gasteiger partial charge on any atom is 0.227 e. The molecule has 0 fully saturated rings. The van der Waals surface area contributed by atoms with E-state index < -0.39 is 0 Å². The molecule has 0 N–H and O–H groups in total. The standard InChI is InChI=1S/C50H30N2O/c1-2-13-34(14-3-1)50-52-49-44(53-50)29-28-42-47(49)41-20-10-11-21-43(41)51-48(42)33-25-23-32(24-26-33)45-37-16-6-8-18-39(37)46(40-19-9-7-17-38(40)45)36-27-22-31-12-4-5-15-35(31)30-36/h1-30H. The lowest BCUT2D eigenvalue weighted by molar-refractivity contribution is 0.620. The van der Waals surface area contributed by atoms with Gasteiger partial charge in [0.2, 0.25) is 5.89 Å². The van der Waals surface area contributed by atoms with E-state index in [1.54, 1.807) is 0 Å².